The maximum absolute atomic E-state index is 12.7. The second-order valence-electron chi connectivity index (χ2n) is 5.91. The molecule has 0 aromatic carbocycles. The largest absolute Gasteiger partial charge is 0.325 e. The van der Waals surface area contributed by atoms with E-state index in [1.165, 1.54) is 4.90 Å². The van der Waals surface area contributed by atoms with Gasteiger partial charge in [0.1, 0.15) is 5.54 Å². The van der Waals surface area contributed by atoms with Crippen molar-refractivity contribution < 1.29 is 9.59 Å². The van der Waals surface area contributed by atoms with Crippen LogP contribution in [0.25, 0.3) is 0 Å². The van der Waals surface area contributed by atoms with Gasteiger partial charge in [0.05, 0.1) is 0 Å². The zero-order valence-corrected chi connectivity index (χ0v) is 12.1. The molecule has 2 N–H and O–H groups in total. The van der Waals surface area contributed by atoms with Gasteiger partial charge < -0.3 is 10.6 Å². The van der Waals surface area contributed by atoms with Crippen LogP contribution in [-0.2, 0) is 10.3 Å². The quantitative estimate of drug-likeness (QED) is 0.809. The molecule has 2 saturated heterocycles. The Labute approximate surface area is 123 Å². The van der Waals surface area contributed by atoms with E-state index in [0.29, 0.717) is 12.5 Å². The first-order chi connectivity index (χ1) is 10.1. The van der Waals surface area contributed by atoms with Crippen molar-refractivity contribution in [3.8, 4) is 0 Å². The summed E-state index contributed by atoms with van der Waals surface area (Å²) in [6, 6.07) is 3.29. The molecule has 1 atom stereocenters. The third kappa shape index (κ3) is 2.51. The maximum atomic E-state index is 12.7. The minimum Gasteiger partial charge on any atom is -0.319 e. The lowest BCUT2D eigenvalue weighted by atomic mass is 9.92. The Balaban J connectivity index is 1.78. The number of rotatable bonds is 3. The average molecular weight is 288 g/mol. The van der Waals surface area contributed by atoms with Crippen LogP contribution in [0.15, 0.2) is 24.5 Å². The standard InChI is InChI=1S/C15H20N4O2/c1-15(12-3-2-6-17-9-12)13(20)19(14(21)18-15)10-11-4-7-16-8-5-11/h2-3,6,9,11,16H,4-5,7-8,10H2,1H3,(H,18,21). The van der Waals surface area contributed by atoms with Gasteiger partial charge in [0, 0.05) is 24.5 Å². The number of carbonyl (C=O) groups excluding carboxylic acids is 2. The molecule has 6 nitrogen and oxygen atoms in total. The molecule has 21 heavy (non-hydrogen) atoms. The SMILES string of the molecule is CC1(c2cccnc2)NC(=O)N(CC2CCNCC2)C1=O. The van der Waals surface area contributed by atoms with Gasteiger partial charge in [0.25, 0.3) is 5.91 Å². The van der Waals surface area contributed by atoms with Gasteiger partial charge >= 0.3 is 6.03 Å². The number of carbonyl (C=O) groups is 2. The van der Waals surface area contributed by atoms with Crippen LogP contribution in [-0.4, -0.2) is 41.5 Å². The predicted molar refractivity (Wildman–Crippen MR) is 77.4 cm³/mol. The highest BCUT2D eigenvalue weighted by atomic mass is 16.2. The zero-order chi connectivity index (χ0) is 14.9. The van der Waals surface area contributed by atoms with Gasteiger partial charge in [0.2, 0.25) is 0 Å². The number of hydrogen-bond donors (Lipinski definition) is 2. The van der Waals surface area contributed by atoms with E-state index in [2.05, 4.69) is 15.6 Å². The van der Waals surface area contributed by atoms with E-state index in [9.17, 15) is 9.59 Å². The minimum absolute atomic E-state index is 0.181. The first kappa shape index (κ1) is 14.0. The molecule has 1 unspecified atom stereocenters. The van der Waals surface area contributed by atoms with E-state index in [-0.39, 0.29) is 11.9 Å². The Morgan fingerprint density at radius 3 is 2.81 bits per heavy atom. The van der Waals surface area contributed by atoms with Crippen molar-refractivity contribution in [2.45, 2.75) is 25.3 Å². The van der Waals surface area contributed by atoms with Crippen molar-refractivity contribution in [2.24, 2.45) is 5.92 Å². The van der Waals surface area contributed by atoms with Gasteiger partial charge in [-0.15, -0.1) is 0 Å². The van der Waals surface area contributed by atoms with Gasteiger partial charge in [-0.25, -0.2) is 4.79 Å². The van der Waals surface area contributed by atoms with Crippen LogP contribution >= 0.6 is 0 Å². The molecule has 3 amide bonds. The summed E-state index contributed by atoms with van der Waals surface area (Å²) in [5.74, 6) is 0.205. The molecule has 2 aliphatic rings. The van der Waals surface area contributed by atoms with Crippen molar-refractivity contribution >= 4 is 11.9 Å². The first-order valence-corrected chi connectivity index (χ1v) is 7.36. The Morgan fingerprint density at radius 1 is 1.38 bits per heavy atom. The fourth-order valence-corrected chi connectivity index (χ4v) is 3.04. The fraction of sp³-hybridized carbons (Fsp3) is 0.533. The molecule has 0 saturated carbocycles. The average Bonchev–Trinajstić information content (AvgIpc) is 2.74. The van der Waals surface area contributed by atoms with E-state index in [1.807, 2.05) is 6.07 Å². The van der Waals surface area contributed by atoms with Crippen LogP contribution in [0.1, 0.15) is 25.3 Å². The molecular formula is C15H20N4O2. The topological polar surface area (TPSA) is 74.3 Å². The number of pyridine rings is 1. The van der Waals surface area contributed by atoms with Gasteiger partial charge in [0.15, 0.2) is 0 Å². The lowest BCUT2D eigenvalue weighted by Gasteiger charge is -2.27. The Kier molecular flexibility index (Phi) is 3.63. The zero-order valence-electron chi connectivity index (χ0n) is 12.1. The Hall–Kier alpha value is -1.95. The summed E-state index contributed by atoms with van der Waals surface area (Å²) >= 11 is 0. The Bertz CT molecular complexity index is 542. The minimum atomic E-state index is -1.00. The monoisotopic (exact) mass is 288 g/mol. The molecular weight excluding hydrogens is 268 g/mol. The van der Waals surface area contributed by atoms with Crippen molar-refractivity contribution in [2.75, 3.05) is 19.6 Å². The van der Waals surface area contributed by atoms with Gasteiger partial charge in [-0.3, -0.25) is 14.7 Å². The number of urea groups is 1. The highest BCUT2D eigenvalue weighted by molar-refractivity contribution is 6.07. The maximum Gasteiger partial charge on any atom is 0.325 e. The number of nitrogens with zero attached hydrogens (tertiary/aromatic N) is 2. The second-order valence-corrected chi connectivity index (χ2v) is 5.91. The van der Waals surface area contributed by atoms with Crippen molar-refractivity contribution in [1.82, 2.24) is 20.5 Å². The number of amides is 3. The van der Waals surface area contributed by atoms with Crippen LogP contribution in [0.5, 0.6) is 0 Å². The van der Waals surface area contributed by atoms with Crippen LogP contribution in [0.2, 0.25) is 0 Å². The van der Waals surface area contributed by atoms with Crippen molar-refractivity contribution in [3.63, 3.8) is 0 Å². The van der Waals surface area contributed by atoms with Crippen molar-refractivity contribution in [3.05, 3.63) is 30.1 Å². The van der Waals surface area contributed by atoms with Crippen LogP contribution in [0, 0.1) is 5.92 Å². The summed E-state index contributed by atoms with van der Waals surface area (Å²) < 4.78 is 0. The summed E-state index contributed by atoms with van der Waals surface area (Å²) in [5, 5.41) is 6.11. The molecule has 0 aliphatic carbocycles. The highest BCUT2D eigenvalue weighted by Gasteiger charge is 2.49. The number of nitrogens with one attached hydrogen (secondary N) is 2. The molecule has 1 aromatic rings. The van der Waals surface area contributed by atoms with Crippen LogP contribution < -0.4 is 10.6 Å². The smallest absolute Gasteiger partial charge is 0.319 e. The summed E-state index contributed by atoms with van der Waals surface area (Å²) in [5.41, 5.74) is -0.283. The first-order valence-electron chi connectivity index (χ1n) is 7.36. The molecule has 0 radical (unpaired) electrons. The number of aromatic nitrogens is 1. The van der Waals surface area contributed by atoms with Crippen LogP contribution in [0.4, 0.5) is 4.79 Å². The molecule has 3 rings (SSSR count). The molecule has 2 fully saturated rings. The van der Waals surface area contributed by atoms with Crippen molar-refractivity contribution in [1.29, 1.82) is 0 Å². The third-order valence-corrected chi connectivity index (χ3v) is 4.41. The van der Waals surface area contributed by atoms with Gasteiger partial charge in [-0.2, -0.15) is 0 Å². The van der Waals surface area contributed by atoms with E-state index in [0.717, 1.165) is 31.5 Å². The fourth-order valence-electron chi connectivity index (χ4n) is 3.04. The summed E-state index contributed by atoms with van der Waals surface area (Å²) in [4.78, 5) is 30.3. The second kappa shape index (κ2) is 5.44. The summed E-state index contributed by atoms with van der Waals surface area (Å²) in [6.45, 7) is 4.15. The summed E-state index contributed by atoms with van der Waals surface area (Å²) in [6.07, 6.45) is 5.29. The number of hydrogen-bond acceptors (Lipinski definition) is 4. The van der Waals surface area contributed by atoms with E-state index in [4.69, 9.17) is 0 Å². The molecule has 112 valence electrons. The molecule has 0 bridgehead atoms. The lowest BCUT2D eigenvalue weighted by Crippen LogP contribution is -2.42. The van der Waals surface area contributed by atoms with Gasteiger partial charge in [-0.05, 0) is 44.8 Å². The predicted octanol–water partition coefficient (Wildman–Crippen LogP) is 0.848. The molecule has 1 aromatic heterocycles. The van der Waals surface area contributed by atoms with Crippen LogP contribution in [0.3, 0.4) is 0 Å². The molecule has 0 spiro atoms. The lowest BCUT2D eigenvalue weighted by molar-refractivity contribution is -0.131. The third-order valence-electron chi connectivity index (χ3n) is 4.41. The van der Waals surface area contributed by atoms with E-state index >= 15 is 0 Å². The highest BCUT2D eigenvalue weighted by Crippen LogP contribution is 2.29. The van der Waals surface area contributed by atoms with Gasteiger partial charge in [-0.1, -0.05) is 6.07 Å². The summed E-state index contributed by atoms with van der Waals surface area (Å²) in [7, 11) is 0. The Morgan fingerprint density at radius 2 is 2.14 bits per heavy atom. The van der Waals surface area contributed by atoms with E-state index < -0.39 is 5.54 Å². The number of piperidine rings is 1. The molecule has 6 heteroatoms. The van der Waals surface area contributed by atoms with E-state index in [1.54, 1.807) is 25.4 Å². The normalized spacial score (nSPS) is 27.0. The number of imide groups is 1. The molecule has 3 heterocycles. The molecule has 2 aliphatic heterocycles.